The molecule has 0 aliphatic carbocycles. The molecule has 0 aromatic heterocycles. The average Bonchev–Trinajstić information content (AvgIpc) is 2.58. The Hall–Kier alpha value is -2.54. The summed E-state index contributed by atoms with van der Waals surface area (Å²) < 4.78 is 5.97. The second-order valence-electron chi connectivity index (χ2n) is 4.92. The molecule has 0 amide bonds. The summed E-state index contributed by atoms with van der Waals surface area (Å²) in [6, 6.07) is 31.6. The van der Waals surface area contributed by atoms with Gasteiger partial charge in [-0.3, -0.25) is 0 Å². The first kappa shape index (κ1) is 13.4. The molecular weight excluding hydrogens is 256 g/mol. The number of rotatable bonds is 5. The van der Waals surface area contributed by atoms with Gasteiger partial charge in [0.25, 0.3) is 0 Å². The van der Waals surface area contributed by atoms with E-state index in [2.05, 4.69) is 42.5 Å². The molecule has 0 fully saturated rings. The molecule has 1 radical (unpaired) electrons. The van der Waals surface area contributed by atoms with Crippen molar-refractivity contribution in [2.75, 3.05) is 6.61 Å². The molecule has 3 rings (SSSR count). The number of benzene rings is 3. The predicted octanol–water partition coefficient (Wildman–Crippen LogP) is 4.70. The molecule has 0 heterocycles. The number of para-hydroxylation sites is 1. The van der Waals surface area contributed by atoms with E-state index in [9.17, 15) is 0 Å². The number of ether oxygens (including phenoxy) is 1. The first-order valence-corrected chi connectivity index (χ1v) is 7.12. The van der Waals surface area contributed by atoms with Crippen LogP contribution in [0.5, 0.6) is 5.75 Å². The van der Waals surface area contributed by atoms with E-state index < -0.39 is 0 Å². The summed E-state index contributed by atoms with van der Waals surface area (Å²) >= 11 is 0. The zero-order valence-electron chi connectivity index (χ0n) is 11.8. The SMILES string of the molecule is [c]1ccc(C(COc2ccccc2)c2ccccc2)cc1. The molecular formula is C20H17O. The zero-order chi connectivity index (χ0) is 14.3. The molecule has 1 atom stereocenters. The Kier molecular flexibility index (Phi) is 4.33. The summed E-state index contributed by atoms with van der Waals surface area (Å²) in [7, 11) is 0. The Morgan fingerprint density at radius 3 is 1.95 bits per heavy atom. The lowest BCUT2D eigenvalue weighted by Gasteiger charge is -2.18. The normalized spacial score (nSPS) is 10.5. The van der Waals surface area contributed by atoms with Gasteiger partial charge in [0.05, 0.1) is 6.61 Å². The van der Waals surface area contributed by atoms with Crippen LogP contribution in [-0.4, -0.2) is 6.61 Å². The monoisotopic (exact) mass is 273 g/mol. The molecule has 0 spiro atoms. The molecule has 3 aromatic carbocycles. The van der Waals surface area contributed by atoms with Crippen LogP contribution in [0.25, 0.3) is 0 Å². The highest BCUT2D eigenvalue weighted by molar-refractivity contribution is 5.33. The fraction of sp³-hybridized carbons (Fsp3) is 0.100. The number of hydrogen-bond donors (Lipinski definition) is 0. The highest BCUT2D eigenvalue weighted by atomic mass is 16.5. The van der Waals surface area contributed by atoms with Crippen LogP contribution in [0.2, 0.25) is 0 Å². The predicted molar refractivity (Wildman–Crippen MR) is 85.5 cm³/mol. The summed E-state index contributed by atoms with van der Waals surface area (Å²) in [4.78, 5) is 0. The van der Waals surface area contributed by atoms with Gasteiger partial charge in [-0.25, -0.2) is 0 Å². The van der Waals surface area contributed by atoms with Crippen molar-refractivity contribution >= 4 is 0 Å². The lowest BCUT2D eigenvalue weighted by molar-refractivity contribution is 0.303. The van der Waals surface area contributed by atoms with E-state index in [0.29, 0.717) is 6.61 Å². The minimum Gasteiger partial charge on any atom is -0.493 e. The van der Waals surface area contributed by atoms with Crippen LogP contribution in [0.15, 0.2) is 84.9 Å². The van der Waals surface area contributed by atoms with Gasteiger partial charge in [0.15, 0.2) is 0 Å². The minimum atomic E-state index is 0.223. The lowest BCUT2D eigenvalue weighted by Crippen LogP contribution is -2.11. The van der Waals surface area contributed by atoms with Gasteiger partial charge in [0.2, 0.25) is 0 Å². The van der Waals surface area contributed by atoms with Crippen LogP contribution < -0.4 is 4.74 Å². The quantitative estimate of drug-likeness (QED) is 0.655. The molecule has 0 bridgehead atoms. The molecule has 0 saturated heterocycles. The minimum absolute atomic E-state index is 0.223. The summed E-state index contributed by atoms with van der Waals surface area (Å²) in [6.07, 6.45) is 0. The molecule has 0 N–H and O–H groups in total. The molecule has 0 aliphatic heterocycles. The Morgan fingerprint density at radius 2 is 1.29 bits per heavy atom. The van der Waals surface area contributed by atoms with Crippen LogP contribution >= 0.6 is 0 Å². The van der Waals surface area contributed by atoms with Crippen molar-refractivity contribution in [2.45, 2.75) is 5.92 Å². The molecule has 1 unspecified atom stereocenters. The van der Waals surface area contributed by atoms with Gasteiger partial charge in [0.1, 0.15) is 5.75 Å². The van der Waals surface area contributed by atoms with Gasteiger partial charge in [-0.15, -0.1) is 0 Å². The van der Waals surface area contributed by atoms with Gasteiger partial charge >= 0.3 is 0 Å². The molecule has 103 valence electrons. The van der Waals surface area contributed by atoms with Crippen molar-refractivity contribution in [3.63, 3.8) is 0 Å². The van der Waals surface area contributed by atoms with Crippen molar-refractivity contribution in [1.82, 2.24) is 0 Å². The van der Waals surface area contributed by atoms with Gasteiger partial charge in [-0.2, -0.15) is 0 Å². The number of hydrogen-bond acceptors (Lipinski definition) is 1. The maximum atomic E-state index is 5.97. The zero-order valence-corrected chi connectivity index (χ0v) is 11.8. The molecule has 1 nitrogen and oxygen atoms in total. The second kappa shape index (κ2) is 6.76. The van der Waals surface area contributed by atoms with Crippen LogP contribution in [0.3, 0.4) is 0 Å². The van der Waals surface area contributed by atoms with E-state index in [4.69, 9.17) is 4.74 Å². The topological polar surface area (TPSA) is 9.23 Å². The molecule has 3 aromatic rings. The van der Waals surface area contributed by atoms with E-state index in [-0.39, 0.29) is 5.92 Å². The molecule has 1 heteroatoms. The van der Waals surface area contributed by atoms with E-state index in [1.54, 1.807) is 0 Å². The third-order valence-corrected chi connectivity index (χ3v) is 3.51. The van der Waals surface area contributed by atoms with Crippen LogP contribution in [0.1, 0.15) is 17.0 Å². The van der Waals surface area contributed by atoms with Gasteiger partial charge in [-0.05, 0) is 29.3 Å². The van der Waals surface area contributed by atoms with Gasteiger partial charge in [0, 0.05) is 5.92 Å². The van der Waals surface area contributed by atoms with E-state index in [0.717, 1.165) is 5.75 Å². The van der Waals surface area contributed by atoms with E-state index >= 15 is 0 Å². The average molecular weight is 273 g/mol. The summed E-state index contributed by atoms with van der Waals surface area (Å²) in [5.41, 5.74) is 2.51. The van der Waals surface area contributed by atoms with Crippen LogP contribution in [-0.2, 0) is 0 Å². The lowest BCUT2D eigenvalue weighted by atomic mass is 9.92. The van der Waals surface area contributed by atoms with Crippen molar-refractivity contribution in [2.24, 2.45) is 0 Å². The maximum absolute atomic E-state index is 5.97. The van der Waals surface area contributed by atoms with Crippen molar-refractivity contribution in [3.05, 3.63) is 102 Å². The smallest absolute Gasteiger partial charge is 0.119 e. The molecule has 0 saturated carbocycles. The van der Waals surface area contributed by atoms with Crippen molar-refractivity contribution in [3.8, 4) is 5.75 Å². The first-order valence-electron chi connectivity index (χ1n) is 7.12. The van der Waals surface area contributed by atoms with E-state index in [1.165, 1.54) is 11.1 Å². The van der Waals surface area contributed by atoms with Crippen LogP contribution in [0.4, 0.5) is 0 Å². The Morgan fingerprint density at radius 1 is 0.714 bits per heavy atom. The maximum Gasteiger partial charge on any atom is 0.119 e. The molecule has 21 heavy (non-hydrogen) atoms. The van der Waals surface area contributed by atoms with E-state index in [1.807, 2.05) is 48.5 Å². The summed E-state index contributed by atoms with van der Waals surface area (Å²) in [5.74, 6) is 1.13. The van der Waals surface area contributed by atoms with Crippen molar-refractivity contribution in [1.29, 1.82) is 0 Å². The first-order chi connectivity index (χ1) is 10.4. The molecule has 0 aliphatic rings. The van der Waals surface area contributed by atoms with Crippen LogP contribution in [0, 0.1) is 6.07 Å². The standard InChI is InChI=1S/C20H17O/c1-4-10-17(11-5-1)20(18-12-6-2-7-13-18)16-21-19-14-8-3-9-15-19/h1,3-15,20H,16H2. The third kappa shape index (κ3) is 3.51. The highest BCUT2D eigenvalue weighted by Crippen LogP contribution is 2.25. The second-order valence-corrected chi connectivity index (χ2v) is 4.92. The van der Waals surface area contributed by atoms with Gasteiger partial charge < -0.3 is 4.74 Å². The summed E-state index contributed by atoms with van der Waals surface area (Å²) in [6.45, 7) is 0.623. The summed E-state index contributed by atoms with van der Waals surface area (Å²) in [5, 5.41) is 0. The third-order valence-electron chi connectivity index (χ3n) is 3.51. The highest BCUT2D eigenvalue weighted by Gasteiger charge is 2.14. The Balaban J connectivity index is 1.83. The fourth-order valence-electron chi connectivity index (χ4n) is 2.40. The Bertz CT molecular complexity index is 608. The largest absolute Gasteiger partial charge is 0.493 e. The fourth-order valence-corrected chi connectivity index (χ4v) is 2.40. The van der Waals surface area contributed by atoms with Crippen molar-refractivity contribution < 1.29 is 4.74 Å². The Labute approximate surface area is 125 Å². The van der Waals surface area contributed by atoms with Gasteiger partial charge in [-0.1, -0.05) is 72.8 Å².